The number of hydrogen-bond donors (Lipinski definition) is 0. The molecule has 136 valence electrons. The third-order valence-electron chi connectivity index (χ3n) is 5.46. The highest BCUT2D eigenvalue weighted by molar-refractivity contribution is 5.69. The molecule has 4 fully saturated rings. The third-order valence-corrected chi connectivity index (χ3v) is 5.46. The summed E-state index contributed by atoms with van der Waals surface area (Å²) in [7, 11) is 0. The van der Waals surface area contributed by atoms with E-state index < -0.39 is 17.5 Å². The van der Waals surface area contributed by atoms with Crippen molar-refractivity contribution >= 4 is 5.97 Å². The van der Waals surface area contributed by atoms with Crippen molar-refractivity contribution in [2.24, 2.45) is 0 Å². The van der Waals surface area contributed by atoms with Gasteiger partial charge in [0.2, 0.25) is 0 Å². The first kappa shape index (κ1) is 16.8. The van der Waals surface area contributed by atoms with Crippen LogP contribution in [0.4, 0.5) is 0 Å². The molecular formula is C18H28O6. The van der Waals surface area contributed by atoms with Crippen molar-refractivity contribution in [1.82, 2.24) is 0 Å². The predicted molar refractivity (Wildman–Crippen MR) is 83.7 cm³/mol. The fraction of sp³-hybridized carbons (Fsp3) is 0.944. The molecule has 6 heteroatoms. The molecule has 4 rings (SSSR count). The average molecular weight is 340 g/mol. The van der Waals surface area contributed by atoms with Gasteiger partial charge in [-0.15, -0.1) is 0 Å². The SMILES string of the molecule is CCOC(=O)CCCCCCCCCCCC1OC12OC13OC12O3. The largest absolute Gasteiger partial charge is 0.466 e. The summed E-state index contributed by atoms with van der Waals surface area (Å²) >= 11 is 0. The molecule has 0 radical (unpaired) electrons. The normalized spacial score (nSPS) is 39.8. The molecule has 4 aliphatic rings. The molecule has 0 N–H and O–H groups in total. The van der Waals surface area contributed by atoms with E-state index in [2.05, 4.69) is 0 Å². The number of hydrogen-bond acceptors (Lipinski definition) is 6. The summed E-state index contributed by atoms with van der Waals surface area (Å²) in [6, 6.07) is 0. The van der Waals surface area contributed by atoms with Crippen LogP contribution in [0.3, 0.4) is 0 Å². The van der Waals surface area contributed by atoms with Crippen LogP contribution in [0.25, 0.3) is 0 Å². The highest BCUT2D eigenvalue weighted by atomic mass is 17.2. The lowest BCUT2D eigenvalue weighted by Gasteiger charge is -2.10. The van der Waals surface area contributed by atoms with Gasteiger partial charge in [-0.2, -0.15) is 0 Å². The standard InChI is InChI=1S/C18H28O6/c1-2-20-15(19)13-11-9-7-5-3-4-6-8-10-12-14-16(21-14)17-18(22-16,23-17)24-17/h14H,2-13H2,1H3. The second kappa shape index (κ2) is 6.24. The van der Waals surface area contributed by atoms with E-state index in [0.717, 1.165) is 19.3 Å². The zero-order valence-electron chi connectivity index (χ0n) is 14.5. The smallest absolute Gasteiger partial charge is 0.355 e. The first-order chi connectivity index (χ1) is 11.7. The van der Waals surface area contributed by atoms with Crippen LogP contribution >= 0.6 is 0 Å². The number of esters is 1. The highest BCUT2D eigenvalue weighted by Gasteiger charge is 3.16. The van der Waals surface area contributed by atoms with Crippen molar-refractivity contribution in [2.75, 3.05) is 6.61 Å². The van der Waals surface area contributed by atoms with Crippen LogP contribution in [-0.4, -0.2) is 36.2 Å². The fourth-order valence-corrected chi connectivity index (χ4v) is 3.90. The summed E-state index contributed by atoms with van der Waals surface area (Å²) in [5, 5.41) is 0. The number of carbonyl (C=O) groups is 1. The van der Waals surface area contributed by atoms with Gasteiger partial charge in [0.1, 0.15) is 6.10 Å². The van der Waals surface area contributed by atoms with Crippen LogP contribution in [-0.2, 0) is 28.5 Å². The molecule has 4 heterocycles. The Labute approximate surface area is 143 Å². The van der Waals surface area contributed by atoms with Gasteiger partial charge in [-0.05, 0) is 19.8 Å². The zero-order valence-corrected chi connectivity index (χ0v) is 14.5. The van der Waals surface area contributed by atoms with Crippen LogP contribution in [0.1, 0.15) is 77.6 Å². The minimum atomic E-state index is -0.655. The van der Waals surface area contributed by atoms with Gasteiger partial charge in [0.05, 0.1) is 6.61 Å². The second-order valence-corrected chi connectivity index (χ2v) is 7.28. The van der Waals surface area contributed by atoms with Crippen LogP contribution in [0.2, 0.25) is 0 Å². The van der Waals surface area contributed by atoms with Crippen molar-refractivity contribution in [1.29, 1.82) is 0 Å². The Kier molecular flexibility index (Phi) is 4.35. The molecule has 1 spiro atoms. The summed E-state index contributed by atoms with van der Waals surface area (Å²) < 4.78 is 26.8. The Morgan fingerprint density at radius 1 is 0.917 bits per heavy atom. The molecule has 4 aliphatic heterocycles. The molecule has 0 aromatic rings. The molecule has 2 unspecified atom stereocenters. The van der Waals surface area contributed by atoms with E-state index in [4.69, 9.17) is 23.7 Å². The minimum absolute atomic E-state index is 0.0574. The van der Waals surface area contributed by atoms with Crippen molar-refractivity contribution in [3.63, 3.8) is 0 Å². The second-order valence-electron chi connectivity index (χ2n) is 7.28. The molecule has 0 aromatic carbocycles. The van der Waals surface area contributed by atoms with Crippen molar-refractivity contribution in [3.05, 3.63) is 0 Å². The molecule has 0 aromatic heterocycles. The summed E-state index contributed by atoms with van der Waals surface area (Å²) in [4.78, 5) is 11.2. The van der Waals surface area contributed by atoms with Crippen molar-refractivity contribution < 1.29 is 28.5 Å². The van der Waals surface area contributed by atoms with E-state index in [9.17, 15) is 4.79 Å². The average Bonchev–Trinajstić information content (AvgIpc) is 3.42. The van der Waals surface area contributed by atoms with Crippen LogP contribution in [0.5, 0.6) is 0 Å². The summed E-state index contributed by atoms with van der Waals surface area (Å²) in [5.74, 6) is -1.70. The maximum Gasteiger partial charge on any atom is 0.355 e. The van der Waals surface area contributed by atoms with Crippen molar-refractivity contribution in [2.45, 2.75) is 101 Å². The van der Waals surface area contributed by atoms with E-state index in [1.165, 1.54) is 44.9 Å². The van der Waals surface area contributed by atoms with Gasteiger partial charge < -0.3 is 9.47 Å². The van der Waals surface area contributed by atoms with Crippen LogP contribution in [0.15, 0.2) is 0 Å². The molecule has 4 saturated heterocycles. The van der Waals surface area contributed by atoms with Gasteiger partial charge in [0.25, 0.3) is 5.79 Å². The molecule has 0 saturated carbocycles. The van der Waals surface area contributed by atoms with Crippen LogP contribution < -0.4 is 0 Å². The van der Waals surface area contributed by atoms with E-state index in [0.29, 0.717) is 13.0 Å². The van der Waals surface area contributed by atoms with Crippen molar-refractivity contribution in [3.8, 4) is 0 Å². The first-order valence-electron chi connectivity index (χ1n) is 9.62. The summed E-state index contributed by atoms with van der Waals surface area (Å²) in [6.07, 6.45) is 12.7. The molecular weight excluding hydrogens is 312 g/mol. The van der Waals surface area contributed by atoms with Gasteiger partial charge in [-0.25, -0.2) is 0 Å². The predicted octanol–water partition coefficient (Wildman–Crippen LogP) is 3.38. The van der Waals surface area contributed by atoms with Gasteiger partial charge in [-0.3, -0.25) is 19.0 Å². The van der Waals surface area contributed by atoms with Gasteiger partial charge in [0, 0.05) is 6.42 Å². The third kappa shape index (κ3) is 2.68. The lowest BCUT2D eigenvalue weighted by molar-refractivity contribution is -0.166. The number of rotatable bonds is 13. The lowest BCUT2D eigenvalue weighted by Crippen LogP contribution is -2.39. The first-order valence-corrected chi connectivity index (χ1v) is 9.62. The topological polar surface area (TPSA) is 73.1 Å². The minimum Gasteiger partial charge on any atom is -0.466 e. The summed E-state index contributed by atoms with van der Waals surface area (Å²) in [6.45, 7) is 2.34. The summed E-state index contributed by atoms with van der Waals surface area (Å²) in [5.41, 5.74) is 0. The number of carbonyl (C=O) groups excluding carboxylic acids is 1. The Balaban J connectivity index is 0.909. The molecule has 0 amide bonds. The highest BCUT2D eigenvalue weighted by Crippen LogP contribution is 2.88. The number of ether oxygens (including phenoxy) is 5. The Morgan fingerprint density at radius 3 is 2.08 bits per heavy atom. The molecule has 6 nitrogen and oxygen atoms in total. The van der Waals surface area contributed by atoms with Gasteiger partial charge >= 0.3 is 17.7 Å². The van der Waals surface area contributed by atoms with E-state index in [1.54, 1.807) is 0 Å². The monoisotopic (exact) mass is 340 g/mol. The molecule has 0 bridgehead atoms. The van der Waals surface area contributed by atoms with Crippen LogP contribution in [0, 0.1) is 0 Å². The van der Waals surface area contributed by atoms with Gasteiger partial charge in [0.15, 0.2) is 0 Å². The zero-order chi connectivity index (χ0) is 16.7. The maximum absolute atomic E-state index is 11.2. The quantitative estimate of drug-likeness (QED) is 0.291. The van der Waals surface area contributed by atoms with Gasteiger partial charge in [-0.1, -0.05) is 51.4 Å². The Morgan fingerprint density at radius 2 is 1.54 bits per heavy atom. The number of unbranched alkanes of at least 4 members (excludes halogenated alkanes) is 8. The fourth-order valence-electron chi connectivity index (χ4n) is 3.90. The van der Waals surface area contributed by atoms with E-state index in [-0.39, 0.29) is 12.1 Å². The van der Waals surface area contributed by atoms with E-state index >= 15 is 0 Å². The molecule has 2 atom stereocenters. The maximum atomic E-state index is 11.2. The molecule has 24 heavy (non-hydrogen) atoms. The van der Waals surface area contributed by atoms with E-state index in [1.807, 2.05) is 6.92 Å². The lowest BCUT2D eigenvalue weighted by atomic mass is 10.0. The Bertz CT molecular complexity index is 486. The Hall–Kier alpha value is -0.690. The molecule has 0 aliphatic carbocycles. The number of epoxide rings is 3.